The second-order valence-electron chi connectivity index (χ2n) is 17.8. The number of nitrogens with zero attached hydrogens (tertiary/aromatic N) is 1. The summed E-state index contributed by atoms with van der Waals surface area (Å²) in [4.78, 5) is 88.9. The Hall–Kier alpha value is -7.73. The number of hydrogen-bond acceptors (Lipinski definition) is 13. The first kappa shape index (κ1) is 53.9. The fourth-order valence-corrected chi connectivity index (χ4v) is 6.78. The molecule has 3 aromatic rings. The van der Waals surface area contributed by atoms with Crippen LogP contribution in [0.5, 0.6) is 0 Å². The Morgan fingerprint density at radius 3 is 1.62 bits per heavy atom. The standard InChI is InChI=1S/C51H61N5O13/c1-50(2,3)68-47(61)53-31-37-14-9-13-34(23-37)19-20-43(57)56-33-41(29-42(56)45(59)65-8)55-49(63)67-22-12-18-36-24-35(25-40(26-36)28-44(58)64-7)17-11-21-66-46(60)52-30-38-15-10-16-39(27-38)32-54-48(62)69-51(4,5)6/h9-10,13-16,23-27,41-42H,19-22,28-33H2,1-8H3,(H,52,60)(H,53,61)(H,54,62)(H,55,63). The van der Waals surface area contributed by atoms with Crippen molar-refractivity contribution >= 4 is 42.2 Å². The van der Waals surface area contributed by atoms with Gasteiger partial charge in [0.2, 0.25) is 5.91 Å². The zero-order valence-corrected chi connectivity index (χ0v) is 40.3. The second-order valence-corrected chi connectivity index (χ2v) is 17.8. The Morgan fingerprint density at radius 1 is 0.623 bits per heavy atom. The molecule has 1 aliphatic rings. The van der Waals surface area contributed by atoms with E-state index >= 15 is 0 Å². The van der Waals surface area contributed by atoms with Crippen LogP contribution in [-0.2, 0) is 75.3 Å². The summed E-state index contributed by atoms with van der Waals surface area (Å²) in [6.07, 6.45) is -2.07. The molecule has 0 radical (unpaired) electrons. The topological polar surface area (TPSA) is 226 Å². The molecular weight excluding hydrogens is 891 g/mol. The first-order valence-corrected chi connectivity index (χ1v) is 22.2. The molecule has 1 fully saturated rings. The summed E-state index contributed by atoms with van der Waals surface area (Å²) in [6, 6.07) is 18.2. The van der Waals surface area contributed by atoms with E-state index < -0.39 is 59.6 Å². The van der Waals surface area contributed by atoms with Crippen molar-refractivity contribution in [3.05, 3.63) is 106 Å². The van der Waals surface area contributed by atoms with Crippen molar-refractivity contribution in [2.45, 2.75) is 110 Å². The Kier molecular flexibility index (Phi) is 20.3. The van der Waals surface area contributed by atoms with Crippen molar-refractivity contribution in [1.29, 1.82) is 0 Å². The van der Waals surface area contributed by atoms with E-state index in [-0.39, 0.29) is 64.6 Å². The maximum Gasteiger partial charge on any atom is 0.408 e. The van der Waals surface area contributed by atoms with Gasteiger partial charge in [-0.1, -0.05) is 72.2 Å². The monoisotopic (exact) mass is 951 g/mol. The molecular formula is C51H61N5O13. The lowest BCUT2D eigenvalue weighted by atomic mass is 10.0. The Bertz CT molecular complexity index is 2450. The van der Waals surface area contributed by atoms with Gasteiger partial charge in [-0.2, -0.15) is 0 Å². The molecule has 0 saturated carbocycles. The van der Waals surface area contributed by atoms with E-state index in [0.717, 1.165) is 22.3 Å². The summed E-state index contributed by atoms with van der Waals surface area (Å²) in [5.41, 5.74) is 3.52. The second kappa shape index (κ2) is 26.0. The van der Waals surface area contributed by atoms with Crippen LogP contribution in [0.15, 0.2) is 66.7 Å². The van der Waals surface area contributed by atoms with Gasteiger partial charge in [0, 0.05) is 50.1 Å². The van der Waals surface area contributed by atoms with Gasteiger partial charge in [-0.3, -0.25) is 9.59 Å². The highest BCUT2D eigenvalue weighted by Crippen LogP contribution is 2.22. The van der Waals surface area contributed by atoms with Gasteiger partial charge in [-0.15, -0.1) is 0 Å². The molecule has 69 heavy (non-hydrogen) atoms. The van der Waals surface area contributed by atoms with E-state index in [1.807, 2.05) is 42.5 Å². The first-order valence-electron chi connectivity index (χ1n) is 22.2. The Balaban J connectivity index is 1.27. The van der Waals surface area contributed by atoms with Crippen LogP contribution in [0.25, 0.3) is 0 Å². The third-order valence-corrected chi connectivity index (χ3v) is 9.72. The highest BCUT2D eigenvalue weighted by Gasteiger charge is 2.40. The minimum atomic E-state index is -0.910. The molecule has 18 heteroatoms. The molecule has 5 amide bonds. The first-order chi connectivity index (χ1) is 32.7. The summed E-state index contributed by atoms with van der Waals surface area (Å²) in [5, 5.41) is 10.8. The summed E-state index contributed by atoms with van der Waals surface area (Å²) >= 11 is 0. The fourth-order valence-electron chi connectivity index (χ4n) is 6.78. The van der Waals surface area contributed by atoms with Crippen molar-refractivity contribution in [1.82, 2.24) is 26.2 Å². The van der Waals surface area contributed by atoms with Crippen molar-refractivity contribution in [3.8, 4) is 23.7 Å². The van der Waals surface area contributed by atoms with Crippen LogP contribution in [0.1, 0.15) is 93.3 Å². The number of methoxy groups -OCH3 is 2. The van der Waals surface area contributed by atoms with E-state index in [1.165, 1.54) is 19.1 Å². The highest BCUT2D eigenvalue weighted by atomic mass is 16.6. The lowest BCUT2D eigenvalue weighted by molar-refractivity contribution is -0.150. The van der Waals surface area contributed by atoms with E-state index in [4.69, 9.17) is 28.4 Å². The fraction of sp³-hybridized carbons (Fsp3) is 0.431. The lowest BCUT2D eigenvalue weighted by Gasteiger charge is -2.22. The van der Waals surface area contributed by atoms with Crippen LogP contribution in [-0.4, -0.2) is 104 Å². The third-order valence-electron chi connectivity index (χ3n) is 9.72. The van der Waals surface area contributed by atoms with Gasteiger partial charge < -0.3 is 54.6 Å². The number of carbonyl (C=O) groups is 7. The van der Waals surface area contributed by atoms with Crippen LogP contribution in [0.4, 0.5) is 19.2 Å². The van der Waals surface area contributed by atoms with Gasteiger partial charge in [-0.05, 0) is 94.0 Å². The largest absolute Gasteiger partial charge is 0.469 e. The third kappa shape index (κ3) is 20.4. The molecule has 3 aromatic carbocycles. The van der Waals surface area contributed by atoms with E-state index in [2.05, 4.69) is 44.9 Å². The quantitative estimate of drug-likeness (QED) is 0.0830. The van der Waals surface area contributed by atoms with E-state index in [1.54, 1.807) is 65.8 Å². The van der Waals surface area contributed by atoms with E-state index in [9.17, 15) is 33.6 Å². The maximum atomic E-state index is 13.4. The number of alkyl carbamates (subject to hydrolysis) is 4. The van der Waals surface area contributed by atoms with Crippen molar-refractivity contribution in [2.24, 2.45) is 0 Å². The average molecular weight is 952 g/mol. The van der Waals surface area contributed by atoms with Crippen LogP contribution in [0.2, 0.25) is 0 Å². The maximum absolute atomic E-state index is 13.4. The number of carbonyl (C=O) groups excluding carboxylic acids is 7. The normalized spacial score (nSPS) is 14.0. The lowest BCUT2D eigenvalue weighted by Crippen LogP contribution is -2.42. The van der Waals surface area contributed by atoms with E-state index in [0.29, 0.717) is 23.1 Å². The van der Waals surface area contributed by atoms with Gasteiger partial charge in [0.05, 0.1) is 26.7 Å². The van der Waals surface area contributed by atoms with Gasteiger partial charge >= 0.3 is 36.3 Å². The zero-order valence-electron chi connectivity index (χ0n) is 40.3. The van der Waals surface area contributed by atoms with Gasteiger partial charge in [0.25, 0.3) is 0 Å². The van der Waals surface area contributed by atoms with Crippen LogP contribution in [0, 0.1) is 23.7 Å². The van der Waals surface area contributed by atoms with Crippen molar-refractivity contribution in [3.63, 3.8) is 0 Å². The molecule has 0 aliphatic carbocycles. The minimum Gasteiger partial charge on any atom is -0.469 e. The zero-order chi connectivity index (χ0) is 50.6. The Labute approximate surface area is 402 Å². The molecule has 18 nitrogen and oxygen atoms in total. The number of hydrogen-bond donors (Lipinski definition) is 4. The molecule has 1 saturated heterocycles. The number of nitrogens with one attached hydrogen (secondary N) is 4. The number of rotatable bonds is 15. The summed E-state index contributed by atoms with van der Waals surface area (Å²) < 4.78 is 30.8. The smallest absolute Gasteiger partial charge is 0.408 e. The van der Waals surface area contributed by atoms with Gasteiger partial charge in [-0.25, -0.2) is 24.0 Å². The number of amides is 5. The molecule has 1 aliphatic heterocycles. The summed E-state index contributed by atoms with van der Waals surface area (Å²) in [7, 11) is 2.50. The Morgan fingerprint density at radius 2 is 1.12 bits per heavy atom. The highest BCUT2D eigenvalue weighted by molar-refractivity contribution is 5.86. The number of ether oxygens (including phenoxy) is 6. The van der Waals surface area contributed by atoms with Crippen LogP contribution >= 0.6 is 0 Å². The molecule has 4 rings (SSSR count). The predicted octanol–water partition coefficient (Wildman–Crippen LogP) is 5.58. The molecule has 2 atom stereocenters. The molecule has 4 N–H and O–H groups in total. The molecule has 1 heterocycles. The van der Waals surface area contributed by atoms with Gasteiger partial charge in [0.15, 0.2) is 13.2 Å². The number of aryl methyl sites for hydroxylation is 1. The number of likely N-dealkylation sites (tertiary alicyclic amines) is 1. The van der Waals surface area contributed by atoms with Crippen LogP contribution in [0.3, 0.4) is 0 Å². The molecule has 2 unspecified atom stereocenters. The molecule has 0 spiro atoms. The van der Waals surface area contributed by atoms with Crippen LogP contribution < -0.4 is 21.3 Å². The summed E-state index contributed by atoms with van der Waals surface area (Å²) in [6.45, 7) is 10.8. The molecule has 0 bridgehead atoms. The summed E-state index contributed by atoms with van der Waals surface area (Å²) in [5.74, 6) is 9.96. The number of benzene rings is 3. The average Bonchev–Trinajstić information content (AvgIpc) is 3.71. The van der Waals surface area contributed by atoms with Crippen molar-refractivity contribution < 1.29 is 62.0 Å². The van der Waals surface area contributed by atoms with Crippen molar-refractivity contribution in [2.75, 3.05) is 34.0 Å². The predicted molar refractivity (Wildman–Crippen MR) is 252 cm³/mol. The minimum absolute atomic E-state index is 0.0538. The molecule has 368 valence electrons. The van der Waals surface area contributed by atoms with Gasteiger partial charge in [0.1, 0.15) is 17.2 Å². The number of esters is 2. The molecule has 0 aromatic heterocycles. The SMILES string of the molecule is COC(=O)Cc1cc(C#CCOC(=O)NCc2cccc(CNC(=O)OC(C)(C)C)c2)cc(C#CCOC(=O)NC2CC(C(=O)OC)N(C(=O)CCc3cccc(CNC(=O)OC(C)(C)C)c3)C2)c1.